The minimum Gasteiger partial charge on any atom is -0.487 e. The summed E-state index contributed by atoms with van der Waals surface area (Å²) in [5.74, 6) is 1.000. The second-order valence-corrected chi connectivity index (χ2v) is 8.48. The molecule has 3 aromatic rings. The van der Waals surface area contributed by atoms with Gasteiger partial charge in [-0.05, 0) is 63.6 Å². The maximum atomic E-state index is 5.98. The van der Waals surface area contributed by atoms with Crippen molar-refractivity contribution in [1.82, 2.24) is 4.98 Å². The van der Waals surface area contributed by atoms with E-state index in [1.165, 1.54) is 16.0 Å². The van der Waals surface area contributed by atoms with E-state index < -0.39 is 0 Å². The average Bonchev–Trinajstić information content (AvgIpc) is 3.06. The molecule has 0 saturated carbocycles. The van der Waals surface area contributed by atoms with Crippen molar-refractivity contribution in [1.29, 1.82) is 0 Å². The van der Waals surface area contributed by atoms with Crippen molar-refractivity contribution in [3.63, 3.8) is 0 Å². The molecule has 0 spiro atoms. The predicted octanol–water partition coefficient (Wildman–Crippen LogP) is 5.88. The Morgan fingerprint density at radius 1 is 1.08 bits per heavy atom. The number of ether oxygens (including phenoxy) is 1. The summed E-state index contributed by atoms with van der Waals surface area (Å²) in [6.45, 7) is 8.48. The van der Waals surface area contributed by atoms with Crippen LogP contribution in [0.1, 0.15) is 29.9 Å². The Morgan fingerprint density at radius 2 is 1.84 bits per heavy atom. The third kappa shape index (κ3) is 3.27. The molecular formula is C21H22N2OS. The third-order valence-corrected chi connectivity index (χ3v) is 5.32. The summed E-state index contributed by atoms with van der Waals surface area (Å²) in [6.07, 6.45) is 0.938. The summed E-state index contributed by atoms with van der Waals surface area (Å²) in [6, 6.07) is 14.8. The maximum absolute atomic E-state index is 5.98. The monoisotopic (exact) mass is 350 g/mol. The van der Waals surface area contributed by atoms with Gasteiger partial charge in [-0.25, -0.2) is 4.98 Å². The van der Waals surface area contributed by atoms with Gasteiger partial charge >= 0.3 is 0 Å². The van der Waals surface area contributed by atoms with E-state index in [4.69, 9.17) is 9.72 Å². The number of anilines is 2. The molecule has 3 nitrogen and oxygen atoms in total. The summed E-state index contributed by atoms with van der Waals surface area (Å²) < 4.78 is 5.98. The van der Waals surface area contributed by atoms with Gasteiger partial charge < -0.3 is 10.1 Å². The summed E-state index contributed by atoms with van der Waals surface area (Å²) in [5.41, 5.74) is 5.68. The Kier molecular flexibility index (Phi) is 3.80. The molecule has 2 aromatic carbocycles. The Balaban J connectivity index is 1.62. The zero-order chi connectivity index (χ0) is 17.6. The van der Waals surface area contributed by atoms with Crippen LogP contribution in [0.25, 0.3) is 11.3 Å². The summed E-state index contributed by atoms with van der Waals surface area (Å²) in [4.78, 5) is 6.04. The van der Waals surface area contributed by atoms with Crippen LogP contribution >= 0.6 is 11.3 Å². The molecule has 128 valence electrons. The van der Waals surface area contributed by atoms with E-state index >= 15 is 0 Å². The number of fused-ring (bicyclic) bond motifs is 1. The molecule has 0 aliphatic carbocycles. The van der Waals surface area contributed by atoms with Crippen LogP contribution in [0.15, 0.2) is 42.5 Å². The van der Waals surface area contributed by atoms with E-state index in [1.54, 1.807) is 11.3 Å². The van der Waals surface area contributed by atoms with Crippen LogP contribution in [0.2, 0.25) is 0 Å². The van der Waals surface area contributed by atoms with Crippen LogP contribution < -0.4 is 10.1 Å². The lowest BCUT2D eigenvalue weighted by atomic mass is 9.99. The smallest absolute Gasteiger partial charge is 0.187 e. The minimum atomic E-state index is -0.115. The van der Waals surface area contributed by atoms with Crippen molar-refractivity contribution >= 4 is 22.2 Å². The SMILES string of the molecule is Cc1ccc(Nc2nc(-c3ccc4c(c3)CC(C)(C)O4)c(C)s2)cc1. The number of thiazole rings is 1. The van der Waals surface area contributed by atoms with Crippen molar-refractivity contribution < 1.29 is 4.74 Å². The molecule has 1 aromatic heterocycles. The number of hydrogen-bond acceptors (Lipinski definition) is 4. The topological polar surface area (TPSA) is 34.2 Å². The normalized spacial score (nSPS) is 14.9. The lowest BCUT2D eigenvalue weighted by molar-refractivity contribution is 0.138. The highest BCUT2D eigenvalue weighted by Crippen LogP contribution is 2.39. The van der Waals surface area contributed by atoms with Crippen LogP contribution in [0.4, 0.5) is 10.8 Å². The molecule has 4 rings (SSSR count). The van der Waals surface area contributed by atoms with E-state index in [9.17, 15) is 0 Å². The van der Waals surface area contributed by atoms with E-state index in [0.717, 1.165) is 34.2 Å². The highest BCUT2D eigenvalue weighted by Gasteiger charge is 2.30. The third-order valence-electron chi connectivity index (χ3n) is 4.44. The Hall–Kier alpha value is -2.33. The Morgan fingerprint density at radius 3 is 2.60 bits per heavy atom. The number of rotatable bonds is 3. The average molecular weight is 350 g/mol. The van der Waals surface area contributed by atoms with Crippen LogP contribution in [0.5, 0.6) is 5.75 Å². The summed E-state index contributed by atoms with van der Waals surface area (Å²) >= 11 is 1.69. The fraction of sp³-hybridized carbons (Fsp3) is 0.286. The lowest BCUT2D eigenvalue weighted by Gasteiger charge is -2.16. The first kappa shape index (κ1) is 16.2. The van der Waals surface area contributed by atoms with Crippen LogP contribution in [0, 0.1) is 13.8 Å². The fourth-order valence-electron chi connectivity index (χ4n) is 3.23. The molecular weight excluding hydrogens is 328 g/mol. The first-order valence-electron chi connectivity index (χ1n) is 8.53. The number of benzene rings is 2. The molecule has 4 heteroatoms. The zero-order valence-electron chi connectivity index (χ0n) is 15.0. The quantitative estimate of drug-likeness (QED) is 0.640. The first-order valence-corrected chi connectivity index (χ1v) is 9.35. The largest absolute Gasteiger partial charge is 0.487 e. The van der Waals surface area contributed by atoms with Crippen molar-refractivity contribution in [3.8, 4) is 17.0 Å². The second-order valence-electron chi connectivity index (χ2n) is 7.28. The molecule has 0 amide bonds. The fourth-order valence-corrected chi connectivity index (χ4v) is 4.09. The number of nitrogens with one attached hydrogen (secondary N) is 1. The molecule has 2 heterocycles. The number of nitrogens with zero attached hydrogens (tertiary/aromatic N) is 1. The van der Waals surface area contributed by atoms with Crippen molar-refractivity contribution in [2.75, 3.05) is 5.32 Å². The van der Waals surface area contributed by atoms with Gasteiger partial charge in [0.1, 0.15) is 11.4 Å². The molecule has 0 radical (unpaired) electrons. The minimum absolute atomic E-state index is 0.115. The van der Waals surface area contributed by atoms with Gasteiger partial charge in [0, 0.05) is 22.5 Å². The zero-order valence-corrected chi connectivity index (χ0v) is 15.8. The Labute approximate surface area is 152 Å². The van der Waals surface area contributed by atoms with Gasteiger partial charge in [-0.1, -0.05) is 17.7 Å². The molecule has 0 bridgehead atoms. The summed E-state index contributed by atoms with van der Waals surface area (Å²) in [7, 11) is 0. The van der Waals surface area contributed by atoms with Crippen LogP contribution in [0.3, 0.4) is 0 Å². The van der Waals surface area contributed by atoms with Crippen molar-refractivity contribution in [3.05, 3.63) is 58.5 Å². The molecule has 0 saturated heterocycles. The summed E-state index contributed by atoms with van der Waals surface area (Å²) in [5, 5.41) is 4.33. The van der Waals surface area contributed by atoms with Gasteiger partial charge in [0.05, 0.1) is 5.69 Å². The van der Waals surface area contributed by atoms with E-state index in [0.29, 0.717) is 0 Å². The van der Waals surface area contributed by atoms with Gasteiger partial charge in [-0.15, -0.1) is 11.3 Å². The van der Waals surface area contributed by atoms with Gasteiger partial charge in [-0.3, -0.25) is 0 Å². The van der Waals surface area contributed by atoms with Crippen LogP contribution in [-0.4, -0.2) is 10.6 Å². The standard InChI is InChI=1S/C21H22N2OS/c1-13-5-8-17(9-6-13)22-20-23-19(14(2)25-20)15-7-10-18-16(11-15)12-21(3,4)24-18/h5-11H,12H2,1-4H3,(H,22,23). The number of hydrogen-bond donors (Lipinski definition) is 1. The van der Waals surface area contributed by atoms with Crippen LogP contribution in [-0.2, 0) is 6.42 Å². The first-order chi connectivity index (χ1) is 11.9. The van der Waals surface area contributed by atoms with Gasteiger partial charge in [0.15, 0.2) is 5.13 Å². The van der Waals surface area contributed by atoms with Crippen molar-refractivity contribution in [2.24, 2.45) is 0 Å². The molecule has 1 aliphatic heterocycles. The second kappa shape index (κ2) is 5.88. The van der Waals surface area contributed by atoms with Gasteiger partial charge in [-0.2, -0.15) is 0 Å². The van der Waals surface area contributed by atoms with Crippen molar-refractivity contribution in [2.45, 2.75) is 39.7 Å². The highest BCUT2D eigenvalue weighted by atomic mass is 32.1. The lowest BCUT2D eigenvalue weighted by Crippen LogP contribution is -2.24. The van der Waals surface area contributed by atoms with E-state index in [1.807, 2.05) is 0 Å². The van der Waals surface area contributed by atoms with Gasteiger partial charge in [0.25, 0.3) is 0 Å². The highest BCUT2D eigenvalue weighted by molar-refractivity contribution is 7.16. The Bertz CT molecular complexity index is 926. The van der Waals surface area contributed by atoms with E-state index in [-0.39, 0.29) is 5.60 Å². The molecule has 25 heavy (non-hydrogen) atoms. The maximum Gasteiger partial charge on any atom is 0.187 e. The molecule has 0 unspecified atom stereocenters. The van der Waals surface area contributed by atoms with Gasteiger partial charge in [0.2, 0.25) is 0 Å². The molecule has 1 aliphatic rings. The predicted molar refractivity (Wildman–Crippen MR) is 105 cm³/mol. The van der Waals surface area contributed by atoms with E-state index in [2.05, 4.69) is 75.5 Å². The number of aromatic nitrogens is 1. The molecule has 0 atom stereocenters. The number of aryl methyl sites for hydroxylation is 2. The molecule has 1 N–H and O–H groups in total. The molecule has 0 fully saturated rings.